The number of anilines is 2. The maximum absolute atomic E-state index is 17.2. The Morgan fingerprint density at radius 1 is 1.23 bits per heavy atom. The first-order valence-corrected chi connectivity index (χ1v) is 19.1. The summed E-state index contributed by atoms with van der Waals surface area (Å²) in [5.41, 5.74) is 11.4. The number of amides is 2. The van der Waals surface area contributed by atoms with E-state index in [-0.39, 0.29) is 53.9 Å². The van der Waals surface area contributed by atoms with Gasteiger partial charge in [0.05, 0.1) is 32.2 Å². The normalized spacial score (nSPS) is 26.7. The lowest BCUT2D eigenvalue weighted by atomic mass is 9.93. The number of hydrogen-bond donors (Lipinski definition) is 2. The van der Waals surface area contributed by atoms with Crippen molar-refractivity contribution in [2.24, 2.45) is 21.6 Å². The molecular formula is C37H37ClF2N10O2S. The zero-order valence-corrected chi connectivity index (χ0v) is 30.6. The summed E-state index contributed by atoms with van der Waals surface area (Å²) >= 11 is 7.87. The van der Waals surface area contributed by atoms with E-state index in [1.165, 1.54) is 24.9 Å². The van der Waals surface area contributed by atoms with Crippen LogP contribution in [0.25, 0.3) is 32.1 Å². The highest BCUT2D eigenvalue weighted by Gasteiger charge is 2.61. The average Bonchev–Trinajstić information content (AvgIpc) is 3.62. The molecule has 4 saturated heterocycles. The van der Waals surface area contributed by atoms with Gasteiger partial charge in [-0.25, -0.2) is 18.6 Å². The number of urea groups is 1. The van der Waals surface area contributed by atoms with Crippen LogP contribution in [-0.2, 0) is 0 Å². The topological polar surface area (TPSA) is 162 Å². The molecule has 5 fully saturated rings. The van der Waals surface area contributed by atoms with E-state index in [9.17, 15) is 10.1 Å². The zero-order valence-electron chi connectivity index (χ0n) is 29.0. The summed E-state index contributed by atoms with van der Waals surface area (Å²) in [5.74, 6) is 0.115. The second-order valence-corrected chi connectivity index (χ2v) is 16.5. The van der Waals surface area contributed by atoms with Gasteiger partial charge in [-0.3, -0.25) is 4.90 Å². The van der Waals surface area contributed by atoms with Gasteiger partial charge in [-0.15, -0.1) is 11.3 Å². The number of fused-ring (bicyclic) bond motifs is 5. The van der Waals surface area contributed by atoms with E-state index < -0.39 is 23.2 Å². The number of amidine groups is 1. The summed E-state index contributed by atoms with van der Waals surface area (Å²) in [6, 6.07) is 6.57. The number of hydrogen-bond acceptors (Lipinski definition) is 9. The van der Waals surface area contributed by atoms with Gasteiger partial charge < -0.3 is 26.0 Å². The monoisotopic (exact) mass is 758 g/mol. The molecule has 4 aliphatic heterocycles. The number of carbonyl (C=O) groups excluding carboxylic acids is 1. The molecule has 1 spiro atoms. The first-order chi connectivity index (χ1) is 25.5. The fraction of sp³-hybridized carbons (Fsp3) is 0.459. The SMILES string of the molecule is CC(N)=N/C=N/C(=O)N1CCC[C@@]12CCN(c1nc(OC[C@@]34CCCN3C3CC3C4)nc3c(F)c(-c4ccc(F)c5sc(N)c(C#N)c45)c(Cl)cc13)C2. The predicted octanol–water partition coefficient (Wildman–Crippen LogP) is 6.47. The van der Waals surface area contributed by atoms with Gasteiger partial charge in [0.15, 0.2) is 5.82 Å². The van der Waals surface area contributed by atoms with Gasteiger partial charge in [0.1, 0.15) is 41.2 Å². The van der Waals surface area contributed by atoms with Crippen molar-refractivity contribution in [3.05, 3.63) is 40.4 Å². The lowest BCUT2D eigenvalue weighted by molar-refractivity contribution is 0.0867. The minimum Gasteiger partial charge on any atom is -0.461 e. The summed E-state index contributed by atoms with van der Waals surface area (Å²) in [6.07, 6.45) is 7.82. The number of thiophene rings is 1. The van der Waals surface area contributed by atoms with Crippen LogP contribution < -0.4 is 21.1 Å². The summed E-state index contributed by atoms with van der Waals surface area (Å²) in [6.45, 7) is 4.55. The van der Waals surface area contributed by atoms with E-state index in [0.29, 0.717) is 61.7 Å². The van der Waals surface area contributed by atoms with Crippen LogP contribution in [0.2, 0.25) is 5.02 Å². The first-order valence-electron chi connectivity index (χ1n) is 17.9. The van der Waals surface area contributed by atoms with E-state index in [1.807, 2.05) is 4.90 Å². The van der Waals surface area contributed by atoms with Crippen LogP contribution in [0.1, 0.15) is 57.4 Å². The minimum atomic E-state index is -0.748. The molecule has 2 amide bonds. The van der Waals surface area contributed by atoms with Crippen molar-refractivity contribution in [2.75, 3.05) is 43.4 Å². The smallest absolute Gasteiger partial charge is 0.345 e. The molecule has 2 unspecified atom stereocenters. The number of nitrogens with two attached hydrogens (primary N) is 2. The molecule has 1 aliphatic carbocycles. The number of ether oxygens (including phenoxy) is 1. The number of halogens is 3. The number of rotatable bonds is 6. The molecule has 16 heteroatoms. The summed E-state index contributed by atoms with van der Waals surface area (Å²) < 4.78 is 38.8. The Kier molecular flexibility index (Phi) is 8.03. The zero-order chi connectivity index (χ0) is 36.8. The largest absolute Gasteiger partial charge is 0.461 e. The number of aromatic nitrogens is 2. The second kappa shape index (κ2) is 12.5. The maximum Gasteiger partial charge on any atom is 0.345 e. The highest BCUT2D eigenvalue weighted by Crippen LogP contribution is 2.57. The van der Waals surface area contributed by atoms with Crippen LogP contribution in [0.3, 0.4) is 0 Å². The van der Waals surface area contributed by atoms with Crippen molar-refractivity contribution < 1.29 is 18.3 Å². The van der Waals surface area contributed by atoms with Gasteiger partial charge in [0.2, 0.25) is 0 Å². The van der Waals surface area contributed by atoms with Gasteiger partial charge in [-0.2, -0.15) is 20.2 Å². The standard InChI is InChI=1S/C37H37ClF2N10O2S/c1-19(42)44-18-45-35(51)50-10-2-6-36(50)8-11-48(16-36)33-22-13-24(38)28(21-4-5-25(39)31-27(21)23(15-41)32(43)53-31)29(40)30(22)46-34(47-33)52-17-37-7-3-9-49(37)26-12-20(26)14-37/h4-5,13,18,20,26H,2-3,6-12,14,16-17,43H2,1H3,(H2,42,44,45,51)/t20?,26?,36-,37-/m0/s1. The van der Waals surface area contributed by atoms with E-state index >= 15 is 8.78 Å². The van der Waals surface area contributed by atoms with E-state index in [0.717, 1.165) is 50.0 Å². The van der Waals surface area contributed by atoms with Crippen LogP contribution in [0.5, 0.6) is 6.01 Å². The number of nitrogens with zero attached hydrogens (tertiary/aromatic N) is 8. The second-order valence-electron chi connectivity index (χ2n) is 15.1. The molecule has 5 aliphatic rings. The van der Waals surface area contributed by atoms with Gasteiger partial charge >= 0.3 is 12.0 Å². The molecule has 0 radical (unpaired) electrons. The highest BCUT2D eigenvalue weighted by molar-refractivity contribution is 7.23. The number of aliphatic imine (C=N–C) groups is 2. The third-order valence-corrected chi connectivity index (χ3v) is 13.3. The van der Waals surface area contributed by atoms with Gasteiger partial charge in [-0.05, 0) is 82.0 Å². The Bertz CT molecular complexity index is 2320. The van der Waals surface area contributed by atoms with Gasteiger partial charge in [0, 0.05) is 42.0 Å². The van der Waals surface area contributed by atoms with Crippen LogP contribution in [0, 0.1) is 28.9 Å². The van der Waals surface area contributed by atoms with E-state index in [4.69, 9.17) is 32.8 Å². The molecule has 4 aromatic rings. The lowest BCUT2D eigenvalue weighted by Crippen LogP contribution is -2.48. The molecule has 12 nitrogen and oxygen atoms in total. The molecule has 0 bridgehead atoms. The van der Waals surface area contributed by atoms with Crippen molar-refractivity contribution in [1.29, 1.82) is 5.26 Å². The van der Waals surface area contributed by atoms with E-state index in [2.05, 4.69) is 25.9 Å². The van der Waals surface area contributed by atoms with Crippen molar-refractivity contribution in [3.63, 3.8) is 0 Å². The average molecular weight is 759 g/mol. The van der Waals surface area contributed by atoms with Crippen LogP contribution in [0.15, 0.2) is 28.2 Å². The predicted molar refractivity (Wildman–Crippen MR) is 202 cm³/mol. The maximum atomic E-state index is 17.2. The van der Waals surface area contributed by atoms with Crippen molar-refractivity contribution in [3.8, 4) is 23.2 Å². The first kappa shape index (κ1) is 34.1. The Labute approximate surface area is 313 Å². The third kappa shape index (κ3) is 5.40. The fourth-order valence-electron chi connectivity index (χ4n) is 9.59. The van der Waals surface area contributed by atoms with Crippen LogP contribution in [0.4, 0.5) is 24.4 Å². The Morgan fingerprint density at radius 2 is 2.06 bits per heavy atom. The number of piperidine rings is 1. The van der Waals surface area contributed by atoms with Gasteiger partial charge in [0.25, 0.3) is 0 Å². The Morgan fingerprint density at radius 3 is 2.87 bits per heavy atom. The Balaban J connectivity index is 1.14. The number of likely N-dealkylation sites (tertiary alicyclic amines) is 1. The van der Waals surface area contributed by atoms with Crippen molar-refractivity contribution >= 4 is 73.0 Å². The number of benzene rings is 2. The highest BCUT2D eigenvalue weighted by atomic mass is 35.5. The van der Waals surface area contributed by atoms with E-state index in [1.54, 1.807) is 17.9 Å². The molecule has 2 aromatic heterocycles. The molecule has 4 atom stereocenters. The molecular weight excluding hydrogens is 722 g/mol. The number of carbonyl (C=O) groups is 1. The molecule has 4 N–H and O–H groups in total. The number of nitrogen functional groups attached to an aromatic ring is 1. The molecule has 6 heterocycles. The minimum absolute atomic E-state index is 0.0152. The van der Waals surface area contributed by atoms with Crippen LogP contribution in [-0.4, -0.2) is 87.9 Å². The molecule has 274 valence electrons. The molecule has 53 heavy (non-hydrogen) atoms. The molecule has 1 saturated carbocycles. The van der Waals surface area contributed by atoms with Crippen molar-refractivity contribution in [1.82, 2.24) is 19.8 Å². The quantitative estimate of drug-likeness (QED) is 0.166. The van der Waals surface area contributed by atoms with Crippen LogP contribution >= 0.6 is 22.9 Å². The Hall–Kier alpha value is -4.65. The fourth-order valence-corrected chi connectivity index (χ4v) is 10.8. The number of nitriles is 1. The molecule has 2 aromatic carbocycles. The summed E-state index contributed by atoms with van der Waals surface area (Å²) in [5, 5.41) is 10.7. The third-order valence-electron chi connectivity index (χ3n) is 12.0. The van der Waals surface area contributed by atoms with Crippen molar-refractivity contribution in [2.45, 2.75) is 69.0 Å². The summed E-state index contributed by atoms with van der Waals surface area (Å²) in [4.78, 5) is 37.3. The summed E-state index contributed by atoms with van der Waals surface area (Å²) in [7, 11) is 0. The lowest BCUT2D eigenvalue weighted by Gasteiger charge is -2.34. The van der Waals surface area contributed by atoms with Gasteiger partial charge in [-0.1, -0.05) is 17.7 Å². The molecule has 9 rings (SSSR count).